The molecule has 0 radical (unpaired) electrons. The first-order valence-corrected chi connectivity index (χ1v) is 10.7. The van der Waals surface area contributed by atoms with E-state index >= 15 is 0 Å². The average Bonchev–Trinajstić information content (AvgIpc) is 2.88. The van der Waals surface area contributed by atoms with Gasteiger partial charge in [0.05, 0.1) is 21.3 Å². The molecule has 0 aliphatic carbocycles. The van der Waals surface area contributed by atoms with Gasteiger partial charge in [0.15, 0.2) is 11.5 Å². The molecule has 8 nitrogen and oxygen atoms in total. The zero-order valence-electron chi connectivity index (χ0n) is 20.0. The molecule has 0 aliphatic rings. The van der Waals surface area contributed by atoms with Crippen LogP contribution in [0.4, 0.5) is 18.9 Å². The van der Waals surface area contributed by atoms with Crippen LogP contribution in [0.15, 0.2) is 72.4 Å². The third-order valence-corrected chi connectivity index (χ3v) is 4.91. The van der Waals surface area contributed by atoms with Gasteiger partial charge in [-0.25, -0.2) is 0 Å². The Morgan fingerprint density at radius 2 is 1.46 bits per heavy atom. The number of anilines is 1. The molecule has 3 rings (SSSR count). The first kappa shape index (κ1) is 26.9. The standard InChI is InChI=1S/C26H23F3N2O6/c1-34-21-14-9-17(22(35-2)23(21)36-3)15-20(31-24(32)16-7-5-4-6-8-16)25(33)30-18-10-12-19(13-11-18)37-26(27,28)29/h4-15H,1-3H3,(H,30,33)(H,31,32). The summed E-state index contributed by atoms with van der Waals surface area (Å²) in [4.78, 5) is 26.0. The zero-order chi connectivity index (χ0) is 27.0. The molecule has 0 fully saturated rings. The van der Waals surface area contributed by atoms with E-state index in [4.69, 9.17) is 14.2 Å². The van der Waals surface area contributed by atoms with Gasteiger partial charge in [0, 0.05) is 16.8 Å². The van der Waals surface area contributed by atoms with E-state index in [1.165, 1.54) is 39.5 Å². The van der Waals surface area contributed by atoms with Gasteiger partial charge in [-0.05, 0) is 54.6 Å². The van der Waals surface area contributed by atoms with Gasteiger partial charge in [-0.2, -0.15) is 0 Å². The lowest BCUT2D eigenvalue weighted by Gasteiger charge is -2.16. The molecular formula is C26H23F3N2O6. The van der Waals surface area contributed by atoms with Crippen molar-refractivity contribution in [2.24, 2.45) is 0 Å². The van der Waals surface area contributed by atoms with Crippen LogP contribution in [0.25, 0.3) is 6.08 Å². The molecule has 0 bridgehead atoms. The molecule has 37 heavy (non-hydrogen) atoms. The number of carbonyl (C=O) groups is 2. The van der Waals surface area contributed by atoms with Crippen LogP contribution in [0.3, 0.4) is 0 Å². The number of ether oxygens (including phenoxy) is 4. The van der Waals surface area contributed by atoms with Crippen LogP contribution in [0.1, 0.15) is 15.9 Å². The quantitative estimate of drug-likeness (QED) is 0.388. The lowest BCUT2D eigenvalue weighted by molar-refractivity contribution is -0.274. The second-order valence-electron chi connectivity index (χ2n) is 7.33. The number of rotatable bonds is 9. The second-order valence-corrected chi connectivity index (χ2v) is 7.33. The lowest BCUT2D eigenvalue weighted by Crippen LogP contribution is -2.30. The fourth-order valence-electron chi connectivity index (χ4n) is 3.27. The van der Waals surface area contributed by atoms with Gasteiger partial charge in [0.2, 0.25) is 5.75 Å². The predicted octanol–water partition coefficient (Wildman–Crippen LogP) is 5.02. The number of alkyl halides is 3. The van der Waals surface area contributed by atoms with Gasteiger partial charge in [-0.15, -0.1) is 13.2 Å². The monoisotopic (exact) mass is 516 g/mol. The lowest BCUT2D eigenvalue weighted by atomic mass is 10.1. The Kier molecular flexibility index (Phi) is 8.62. The summed E-state index contributed by atoms with van der Waals surface area (Å²) in [5, 5.41) is 5.11. The van der Waals surface area contributed by atoms with Gasteiger partial charge in [-0.3, -0.25) is 9.59 Å². The summed E-state index contributed by atoms with van der Waals surface area (Å²) in [6.45, 7) is 0. The molecule has 0 aliphatic heterocycles. The maximum atomic E-state index is 13.2. The van der Waals surface area contributed by atoms with Gasteiger partial charge in [0.25, 0.3) is 11.8 Å². The van der Waals surface area contributed by atoms with E-state index in [2.05, 4.69) is 15.4 Å². The van der Waals surface area contributed by atoms with E-state index in [1.807, 2.05) is 0 Å². The highest BCUT2D eigenvalue weighted by atomic mass is 19.4. The third kappa shape index (κ3) is 7.17. The fraction of sp³-hybridized carbons (Fsp3) is 0.154. The first-order valence-electron chi connectivity index (χ1n) is 10.7. The Morgan fingerprint density at radius 1 is 0.811 bits per heavy atom. The third-order valence-electron chi connectivity index (χ3n) is 4.91. The molecule has 11 heteroatoms. The van der Waals surface area contributed by atoms with E-state index in [1.54, 1.807) is 42.5 Å². The maximum Gasteiger partial charge on any atom is 0.573 e. The van der Waals surface area contributed by atoms with Crippen molar-refractivity contribution in [3.8, 4) is 23.0 Å². The fourth-order valence-corrected chi connectivity index (χ4v) is 3.27. The van der Waals surface area contributed by atoms with E-state index in [0.29, 0.717) is 16.9 Å². The van der Waals surface area contributed by atoms with E-state index < -0.39 is 23.9 Å². The van der Waals surface area contributed by atoms with Crippen molar-refractivity contribution in [1.29, 1.82) is 0 Å². The van der Waals surface area contributed by atoms with Crippen LogP contribution in [0, 0.1) is 0 Å². The summed E-state index contributed by atoms with van der Waals surface area (Å²) in [6.07, 6.45) is -3.47. The summed E-state index contributed by atoms with van der Waals surface area (Å²) in [7, 11) is 4.28. The minimum absolute atomic E-state index is 0.165. The molecule has 3 aromatic carbocycles. The Hall–Kier alpha value is -4.67. The van der Waals surface area contributed by atoms with Crippen LogP contribution in [0.5, 0.6) is 23.0 Å². The van der Waals surface area contributed by atoms with E-state index in [-0.39, 0.29) is 22.9 Å². The molecule has 0 spiro atoms. The number of methoxy groups -OCH3 is 3. The molecule has 0 saturated heterocycles. The van der Waals surface area contributed by atoms with Crippen molar-refractivity contribution < 1.29 is 41.7 Å². The van der Waals surface area contributed by atoms with Gasteiger partial charge >= 0.3 is 6.36 Å². The van der Waals surface area contributed by atoms with Crippen LogP contribution in [0.2, 0.25) is 0 Å². The number of halogens is 3. The van der Waals surface area contributed by atoms with Crippen molar-refractivity contribution in [3.63, 3.8) is 0 Å². The summed E-state index contributed by atoms with van der Waals surface area (Å²) in [5.41, 5.74) is 0.676. The molecule has 194 valence electrons. The van der Waals surface area contributed by atoms with Crippen LogP contribution in [-0.4, -0.2) is 39.5 Å². The van der Waals surface area contributed by atoms with Crippen molar-refractivity contribution in [2.75, 3.05) is 26.6 Å². The first-order chi connectivity index (χ1) is 17.6. The van der Waals surface area contributed by atoms with E-state index in [9.17, 15) is 22.8 Å². The van der Waals surface area contributed by atoms with Gasteiger partial charge in [0.1, 0.15) is 11.4 Å². The number of hydrogen-bond acceptors (Lipinski definition) is 6. The summed E-state index contributed by atoms with van der Waals surface area (Å²) in [5.74, 6) is -0.852. The van der Waals surface area contributed by atoms with Gasteiger partial charge < -0.3 is 29.6 Å². The number of amides is 2. The maximum absolute atomic E-state index is 13.2. The number of hydrogen-bond donors (Lipinski definition) is 2. The molecule has 0 aromatic heterocycles. The Morgan fingerprint density at radius 3 is 2.03 bits per heavy atom. The Bertz CT molecular complexity index is 1280. The van der Waals surface area contributed by atoms with Gasteiger partial charge in [-0.1, -0.05) is 18.2 Å². The molecule has 3 aromatic rings. The highest BCUT2D eigenvalue weighted by Gasteiger charge is 2.31. The normalized spacial score (nSPS) is 11.4. The van der Waals surface area contributed by atoms with Crippen molar-refractivity contribution in [1.82, 2.24) is 5.32 Å². The molecule has 0 heterocycles. The van der Waals surface area contributed by atoms with Crippen LogP contribution in [-0.2, 0) is 4.79 Å². The summed E-state index contributed by atoms with van der Waals surface area (Å²) < 4.78 is 57.2. The highest BCUT2D eigenvalue weighted by molar-refractivity contribution is 6.10. The molecule has 2 amide bonds. The summed E-state index contributed by atoms with van der Waals surface area (Å²) in [6, 6.07) is 16.0. The predicted molar refractivity (Wildman–Crippen MR) is 130 cm³/mol. The van der Waals surface area contributed by atoms with Crippen molar-refractivity contribution in [3.05, 3.63) is 83.6 Å². The topological polar surface area (TPSA) is 95.1 Å². The SMILES string of the molecule is COc1ccc(C=C(NC(=O)c2ccccc2)C(=O)Nc2ccc(OC(F)(F)F)cc2)c(OC)c1OC. The Labute approximate surface area is 210 Å². The number of benzene rings is 3. The van der Waals surface area contributed by atoms with Crippen LogP contribution >= 0.6 is 0 Å². The molecule has 0 unspecified atom stereocenters. The highest BCUT2D eigenvalue weighted by Crippen LogP contribution is 2.40. The van der Waals surface area contributed by atoms with Crippen molar-refractivity contribution in [2.45, 2.75) is 6.36 Å². The van der Waals surface area contributed by atoms with Crippen molar-refractivity contribution >= 4 is 23.6 Å². The number of carbonyl (C=O) groups excluding carboxylic acids is 2. The number of nitrogens with one attached hydrogen (secondary N) is 2. The zero-order valence-corrected chi connectivity index (χ0v) is 20.0. The minimum atomic E-state index is -4.85. The van der Waals surface area contributed by atoms with E-state index in [0.717, 1.165) is 12.1 Å². The molecule has 2 N–H and O–H groups in total. The average molecular weight is 516 g/mol. The largest absolute Gasteiger partial charge is 0.573 e. The van der Waals surface area contributed by atoms with Crippen LogP contribution < -0.4 is 29.6 Å². The summed E-state index contributed by atoms with van der Waals surface area (Å²) >= 11 is 0. The molecule has 0 saturated carbocycles. The minimum Gasteiger partial charge on any atom is -0.493 e. The smallest absolute Gasteiger partial charge is 0.493 e. The molecule has 0 atom stereocenters. The second kappa shape index (κ2) is 11.8. The molecular weight excluding hydrogens is 493 g/mol. The Balaban J connectivity index is 1.96.